The predicted molar refractivity (Wildman–Crippen MR) is 41.5 cm³/mol. The van der Waals surface area contributed by atoms with Crippen LogP contribution in [0.5, 0.6) is 0 Å². The molecule has 0 aliphatic heterocycles. The molecule has 0 atom stereocenters. The van der Waals surface area contributed by atoms with E-state index in [0.717, 1.165) is 6.42 Å². The maximum absolute atomic E-state index is 10.2. The van der Waals surface area contributed by atoms with E-state index in [1.807, 2.05) is 0 Å². The summed E-state index contributed by atoms with van der Waals surface area (Å²) >= 11 is 0. The minimum atomic E-state index is -0.454. The summed E-state index contributed by atoms with van der Waals surface area (Å²) in [5.74, 6) is 0. The van der Waals surface area contributed by atoms with Crippen molar-refractivity contribution < 1.29 is 6.17 Å². The van der Waals surface area contributed by atoms with E-state index in [0.29, 0.717) is 6.42 Å². The molecule has 0 unspecified atom stereocenters. The summed E-state index contributed by atoms with van der Waals surface area (Å²) < 4.78 is 6.62. The highest BCUT2D eigenvalue weighted by molar-refractivity contribution is 5.49. The van der Waals surface area contributed by atoms with Crippen molar-refractivity contribution in [3.05, 3.63) is 0 Å². The Morgan fingerprint density at radius 3 is 2.11 bits per heavy atom. The van der Waals surface area contributed by atoms with Crippen LogP contribution in [0.3, 0.4) is 0 Å². The molecule has 0 aromatic heterocycles. The molecule has 1 nitrogen and oxygen atoms in total. The van der Waals surface area contributed by atoms with Gasteiger partial charge in [0, 0.05) is 6.42 Å². The maximum atomic E-state index is 10.2. The molecule has 0 aliphatic rings. The minimum absolute atomic E-state index is 0. The summed E-state index contributed by atoms with van der Waals surface area (Å²) in [6.07, 6.45) is 0.753. The van der Waals surface area contributed by atoms with Gasteiger partial charge >= 0.3 is 0 Å². The van der Waals surface area contributed by atoms with Gasteiger partial charge in [-0.3, -0.25) is 0 Å². The maximum Gasteiger partial charge on any atom is 0.120 e. The van der Waals surface area contributed by atoms with Gasteiger partial charge in [-0.05, 0) is 11.8 Å². The molecule has 0 heterocycles. The fourth-order valence-corrected chi connectivity index (χ4v) is 0.426. The Hall–Kier alpha value is -0.330. The number of rotatable bonds is 2. The van der Waals surface area contributed by atoms with Crippen LogP contribution in [0, 0.1) is 5.41 Å². The van der Waals surface area contributed by atoms with Crippen molar-refractivity contribution in [2.45, 2.75) is 41.0 Å². The second-order valence-electron chi connectivity index (χ2n) is 3.20. The lowest BCUT2D eigenvalue weighted by atomic mass is 9.91. The van der Waals surface area contributed by atoms with Crippen molar-refractivity contribution in [1.82, 2.24) is 0 Å². The molecule has 0 radical (unpaired) electrons. The second kappa shape index (κ2) is 4.54. The summed E-state index contributed by atoms with van der Waals surface area (Å²) in [6.45, 7) is 6.20. The average molecular weight is 131 g/mol. The number of carbonyl (C=O) groups excluding carboxylic acids is 1. The Labute approximate surface area is 59.9 Å². The van der Waals surface area contributed by atoms with Crippen LogP contribution in [-0.2, 0) is 4.79 Å². The van der Waals surface area contributed by atoms with E-state index in [4.69, 9.17) is 1.37 Å². The SMILES string of the molecule is C.[2H]C(=O)CCC(C)(C)C. The molecule has 0 spiro atoms. The van der Waals surface area contributed by atoms with Gasteiger partial charge in [-0.25, -0.2) is 0 Å². The first kappa shape index (κ1) is 8.67. The third kappa shape index (κ3) is 11.3. The molecule has 0 aromatic carbocycles. The Kier molecular flexibility index (Phi) is 4.37. The first-order valence-electron chi connectivity index (χ1n) is 3.41. The average Bonchev–Trinajstić information content (AvgIpc) is 1.59. The number of aldehydes is 1. The monoisotopic (exact) mass is 131 g/mol. The molecule has 1 heteroatoms. The second-order valence-corrected chi connectivity index (χ2v) is 3.20. The van der Waals surface area contributed by atoms with Crippen LogP contribution in [0.15, 0.2) is 0 Å². The fraction of sp³-hybridized carbons (Fsp3) is 0.875. The number of carbonyl (C=O) groups is 1. The van der Waals surface area contributed by atoms with Crippen LogP contribution < -0.4 is 0 Å². The molecule has 0 saturated heterocycles. The van der Waals surface area contributed by atoms with E-state index < -0.39 is 6.26 Å². The highest BCUT2D eigenvalue weighted by Gasteiger charge is 2.07. The lowest BCUT2D eigenvalue weighted by Gasteiger charge is -2.14. The van der Waals surface area contributed by atoms with E-state index in [1.54, 1.807) is 0 Å². The van der Waals surface area contributed by atoms with Crippen LogP contribution in [0.2, 0.25) is 0 Å². The zero-order valence-corrected chi connectivity index (χ0v) is 5.82. The standard InChI is InChI=1S/C7H14O.CH4/c1-7(2,3)5-4-6-8;/h6H,4-5H2,1-3H3;1H4/i6D;. The summed E-state index contributed by atoms with van der Waals surface area (Å²) in [6, 6.07) is 0. The van der Waals surface area contributed by atoms with E-state index in [-0.39, 0.29) is 12.8 Å². The molecule has 0 saturated carbocycles. The third-order valence-electron chi connectivity index (χ3n) is 0.977. The van der Waals surface area contributed by atoms with Crippen molar-refractivity contribution in [1.29, 1.82) is 0 Å². The first-order chi connectivity index (χ1) is 3.92. The molecule has 0 aromatic rings. The quantitative estimate of drug-likeness (QED) is 0.526. The van der Waals surface area contributed by atoms with Gasteiger partial charge in [0.15, 0.2) is 0 Å². The topological polar surface area (TPSA) is 17.1 Å². The molecule has 0 rings (SSSR count). The Morgan fingerprint density at radius 2 is 2.00 bits per heavy atom. The van der Waals surface area contributed by atoms with Gasteiger partial charge in [0.25, 0.3) is 0 Å². The summed E-state index contributed by atoms with van der Waals surface area (Å²) in [5, 5.41) is 0. The first-order valence-corrected chi connectivity index (χ1v) is 2.91. The lowest BCUT2D eigenvalue weighted by molar-refractivity contribution is -0.108. The predicted octanol–water partition coefficient (Wildman–Crippen LogP) is 2.65. The molecule has 0 fully saturated rings. The third-order valence-corrected chi connectivity index (χ3v) is 0.977. The lowest BCUT2D eigenvalue weighted by Crippen LogP contribution is -2.03. The van der Waals surface area contributed by atoms with E-state index in [9.17, 15) is 4.79 Å². The van der Waals surface area contributed by atoms with Crippen molar-refractivity contribution in [2.75, 3.05) is 0 Å². The Morgan fingerprint density at radius 1 is 1.56 bits per heavy atom. The molecule has 0 aliphatic carbocycles. The normalized spacial score (nSPS) is 11.7. The Bertz CT molecular complexity index is 102. The molecular weight excluding hydrogens is 112 g/mol. The molecular formula is C8H18O. The van der Waals surface area contributed by atoms with E-state index >= 15 is 0 Å². The van der Waals surface area contributed by atoms with Gasteiger partial charge in [0.05, 0.1) is 0 Å². The number of hydrogen-bond acceptors (Lipinski definition) is 1. The highest BCUT2D eigenvalue weighted by atomic mass is 16.1. The minimum Gasteiger partial charge on any atom is -0.303 e. The van der Waals surface area contributed by atoms with E-state index in [1.165, 1.54) is 0 Å². The van der Waals surface area contributed by atoms with Crippen LogP contribution in [0.1, 0.15) is 42.4 Å². The van der Waals surface area contributed by atoms with Crippen molar-refractivity contribution in [3.63, 3.8) is 0 Å². The van der Waals surface area contributed by atoms with Crippen molar-refractivity contribution in [2.24, 2.45) is 5.41 Å². The van der Waals surface area contributed by atoms with Crippen LogP contribution in [-0.4, -0.2) is 6.26 Å². The zero-order chi connectivity index (χ0) is 7.49. The fourth-order valence-electron chi connectivity index (χ4n) is 0.426. The van der Waals surface area contributed by atoms with Gasteiger partial charge in [-0.15, -0.1) is 0 Å². The Balaban J connectivity index is 0. The van der Waals surface area contributed by atoms with Gasteiger partial charge in [-0.2, -0.15) is 0 Å². The molecule has 9 heavy (non-hydrogen) atoms. The van der Waals surface area contributed by atoms with Crippen LogP contribution >= 0.6 is 0 Å². The van der Waals surface area contributed by atoms with E-state index in [2.05, 4.69) is 20.8 Å². The van der Waals surface area contributed by atoms with Crippen molar-refractivity contribution in [3.8, 4) is 0 Å². The molecule has 0 amide bonds. The summed E-state index contributed by atoms with van der Waals surface area (Å²) in [5.41, 5.74) is 0.191. The summed E-state index contributed by atoms with van der Waals surface area (Å²) in [7, 11) is 0. The van der Waals surface area contributed by atoms with Gasteiger partial charge in [0.1, 0.15) is 7.63 Å². The highest BCUT2D eigenvalue weighted by Crippen LogP contribution is 2.18. The van der Waals surface area contributed by atoms with Gasteiger partial charge < -0.3 is 4.79 Å². The largest absolute Gasteiger partial charge is 0.303 e. The zero-order valence-electron chi connectivity index (χ0n) is 6.82. The van der Waals surface area contributed by atoms with Crippen molar-refractivity contribution >= 4 is 6.26 Å². The number of hydrogen-bond donors (Lipinski definition) is 0. The molecule has 0 N–H and O–H groups in total. The smallest absolute Gasteiger partial charge is 0.120 e. The van der Waals surface area contributed by atoms with Gasteiger partial charge in [0.2, 0.25) is 0 Å². The van der Waals surface area contributed by atoms with Gasteiger partial charge in [-0.1, -0.05) is 28.2 Å². The van der Waals surface area contributed by atoms with Crippen LogP contribution in [0.25, 0.3) is 0 Å². The molecule has 56 valence electrons. The van der Waals surface area contributed by atoms with Crippen LogP contribution in [0.4, 0.5) is 0 Å². The molecule has 0 bridgehead atoms. The summed E-state index contributed by atoms with van der Waals surface area (Å²) in [4.78, 5) is 10.2.